The fraction of sp³-hybridized carbons (Fsp3) is 0.581. The number of carbonyl (C=O) groups is 3. The van der Waals surface area contributed by atoms with Gasteiger partial charge in [0.2, 0.25) is 5.91 Å². The van der Waals surface area contributed by atoms with Crippen LogP contribution in [0.15, 0.2) is 60.8 Å². The molecule has 3 atom stereocenters. The van der Waals surface area contributed by atoms with E-state index in [2.05, 4.69) is 69.9 Å². The maximum atomic E-state index is 12.1. The van der Waals surface area contributed by atoms with E-state index in [0.29, 0.717) is 19.3 Å². The first-order valence-corrected chi connectivity index (χ1v) is 16.3. The molecule has 0 aromatic rings. The van der Waals surface area contributed by atoms with E-state index in [-0.39, 0.29) is 12.8 Å². The van der Waals surface area contributed by atoms with Gasteiger partial charge in [0.15, 0.2) is 6.04 Å². The molecule has 12 heteroatoms. The molecule has 0 fully saturated rings. The standard InChI is InChI=1S/C31H50NO10P/c1-3-5-7-8-9-10-11-12-13-14-15-16-17-18-19-20-21-22-29(34)32-28(31(36)37)26-42-43(38,39)41-25-27(33)24-40-30(35)23-6-4-2/h5,7,9-10,12-13,15-16,18-19,27-28,33H,3-4,6,8,11,14,17,20-26H2,1-2H3,(H,32,34)(H,36,37)(H,38,39)/b7-5-,10-9-,13-12-,16-15-,19-18-. The molecular weight excluding hydrogens is 577 g/mol. The molecule has 0 aromatic heterocycles. The number of aliphatic carboxylic acids is 1. The zero-order chi connectivity index (χ0) is 32.2. The average Bonchev–Trinajstić information content (AvgIpc) is 2.97. The number of allylic oxidation sites excluding steroid dienone is 10. The van der Waals surface area contributed by atoms with Crippen molar-refractivity contribution in [1.29, 1.82) is 0 Å². The van der Waals surface area contributed by atoms with E-state index < -0.39 is 57.6 Å². The molecule has 244 valence electrons. The quantitative estimate of drug-likeness (QED) is 0.0404. The summed E-state index contributed by atoms with van der Waals surface area (Å²) < 4.78 is 26.1. The number of amides is 1. The van der Waals surface area contributed by atoms with Gasteiger partial charge in [-0.15, -0.1) is 0 Å². The summed E-state index contributed by atoms with van der Waals surface area (Å²) >= 11 is 0. The number of nitrogens with one attached hydrogen (secondary N) is 1. The Morgan fingerprint density at radius 1 is 0.767 bits per heavy atom. The Morgan fingerprint density at radius 3 is 1.84 bits per heavy atom. The number of hydrogen-bond acceptors (Lipinski definition) is 8. The van der Waals surface area contributed by atoms with E-state index >= 15 is 0 Å². The Morgan fingerprint density at radius 2 is 1.30 bits per heavy atom. The summed E-state index contributed by atoms with van der Waals surface area (Å²) in [5, 5.41) is 21.3. The van der Waals surface area contributed by atoms with Crippen molar-refractivity contribution in [3.63, 3.8) is 0 Å². The van der Waals surface area contributed by atoms with Crippen LogP contribution in [-0.2, 0) is 32.7 Å². The van der Waals surface area contributed by atoms with Crippen molar-refractivity contribution < 1.29 is 47.8 Å². The molecule has 0 spiro atoms. The van der Waals surface area contributed by atoms with E-state index in [9.17, 15) is 34.1 Å². The predicted octanol–water partition coefficient (Wildman–Crippen LogP) is 5.71. The fourth-order valence-electron chi connectivity index (χ4n) is 3.21. The summed E-state index contributed by atoms with van der Waals surface area (Å²) in [6, 6.07) is -1.57. The topological polar surface area (TPSA) is 169 Å². The number of carboxylic acids is 1. The molecule has 0 heterocycles. The number of esters is 1. The minimum absolute atomic E-state index is 0.0640. The first-order chi connectivity index (χ1) is 20.6. The second kappa shape index (κ2) is 26.8. The van der Waals surface area contributed by atoms with Gasteiger partial charge in [0.25, 0.3) is 0 Å². The van der Waals surface area contributed by atoms with Crippen molar-refractivity contribution in [2.45, 2.75) is 96.6 Å². The molecule has 11 nitrogen and oxygen atoms in total. The summed E-state index contributed by atoms with van der Waals surface area (Å²) in [5.41, 5.74) is 0. The SMILES string of the molecule is CC/C=C\C/C=C\C/C=C\C/C=C\C/C=C\CCCC(=O)NC(COP(=O)(O)OCC(O)COC(=O)CCCC)C(=O)O. The van der Waals surface area contributed by atoms with Crippen LogP contribution in [0.25, 0.3) is 0 Å². The van der Waals surface area contributed by atoms with Crippen molar-refractivity contribution in [3.8, 4) is 0 Å². The summed E-state index contributed by atoms with van der Waals surface area (Å²) in [4.78, 5) is 44.8. The first-order valence-electron chi connectivity index (χ1n) is 14.8. The molecular formula is C31H50NO10P. The highest BCUT2D eigenvalue weighted by Crippen LogP contribution is 2.43. The number of rotatable bonds is 26. The number of phosphoric acid groups is 1. The summed E-state index contributed by atoms with van der Waals surface area (Å²) in [6.07, 6.45) is 27.0. The number of aliphatic hydroxyl groups excluding tert-OH is 1. The van der Waals surface area contributed by atoms with E-state index in [1.165, 1.54) is 0 Å². The number of hydrogen-bond donors (Lipinski definition) is 4. The number of unbranched alkanes of at least 4 members (excludes halogenated alkanes) is 2. The monoisotopic (exact) mass is 627 g/mol. The molecule has 0 aliphatic carbocycles. The van der Waals surface area contributed by atoms with Crippen molar-refractivity contribution in [3.05, 3.63) is 60.8 Å². The van der Waals surface area contributed by atoms with Gasteiger partial charge in [-0.1, -0.05) is 81.0 Å². The number of ether oxygens (including phenoxy) is 1. The molecule has 0 aliphatic heterocycles. The van der Waals surface area contributed by atoms with Crippen molar-refractivity contribution >= 4 is 25.7 Å². The lowest BCUT2D eigenvalue weighted by molar-refractivity contribution is -0.147. The van der Waals surface area contributed by atoms with Crippen LogP contribution in [0, 0.1) is 0 Å². The summed E-state index contributed by atoms with van der Waals surface area (Å²) in [6.45, 7) is 2.07. The third-order valence-corrected chi connectivity index (χ3v) is 6.52. The summed E-state index contributed by atoms with van der Waals surface area (Å²) in [7, 11) is -4.74. The van der Waals surface area contributed by atoms with Crippen LogP contribution >= 0.6 is 7.82 Å². The van der Waals surface area contributed by atoms with Crippen molar-refractivity contribution in [2.24, 2.45) is 0 Å². The van der Waals surface area contributed by atoms with E-state index in [1.807, 2.05) is 19.1 Å². The maximum Gasteiger partial charge on any atom is 0.472 e. The maximum absolute atomic E-state index is 12.1. The number of carboxylic acid groups (broad SMARTS) is 1. The lowest BCUT2D eigenvalue weighted by Gasteiger charge is -2.18. The molecule has 43 heavy (non-hydrogen) atoms. The van der Waals surface area contributed by atoms with Gasteiger partial charge in [0.05, 0.1) is 13.2 Å². The van der Waals surface area contributed by atoms with Gasteiger partial charge in [-0.25, -0.2) is 9.36 Å². The normalized spacial score (nSPS) is 15.1. The van der Waals surface area contributed by atoms with Gasteiger partial charge >= 0.3 is 19.8 Å². The molecule has 0 rings (SSSR count). The van der Waals surface area contributed by atoms with Gasteiger partial charge in [-0.2, -0.15) is 0 Å². The number of aliphatic hydroxyl groups is 1. The second-order valence-corrected chi connectivity index (χ2v) is 11.0. The third kappa shape index (κ3) is 26.5. The Kier molecular flexibility index (Phi) is 25.0. The Balaban J connectivity index is 4.16. The van der Waals surface area contributed by atoms with Crippen LogP contribution in [0.1, 0.15) is 84.5 Å². The van der Waals surface area contributed by atoms with Gasteiger partial charge in [0, 0.05) is 12.8 Å². The Labute approximate surface area is 256 Å². The van der Waals surface area contributed by atoms with Crippen LogP contribution in [0.4, 0.5) is 0 Å². The smallest absolute Gasteiger partial charge is 0.472 e. The highest BCUT2D eigenvalue weighted by molar-refractivity contribution is 7.47. The molecule has 0 radical (unpaired) electrons. The van der Waals surface area contributed by atoms with Gasteiger partial charge in [0.1, 0.15) is 12.7 Å². The van der Waals surface area contributed by atoms with Crippen LogP contribution < -0.4 is 5.32 Å². The van der Waals surface area contributed by atoms with Crippen molar-refractivity contribution in [1.82, 2.24) is 5.32 Å². The fourth-order valence-corrected chi connectivity index (χ4v) is 3.98. The average molecular weight is 628 g/mol. The van der Waals surface area contributed by atoms with Gasteiger partial charge in [-0.3, -0.25) is 18.6 Å². The number of carbonyl (C=O) groups excluding carboxylic acids is 2. The molecule has 0 saturated carbocycles. The molecule has 1 amide bonds. The van der Waals surface area contributed by atoms with Crippen LogP contribution in [0.5, 0.6) is 0 Å². The van der Waals surface area contributed by atoms with Gasteiger partial charge < -0.3 is 25.2 Å². The van der Waals surface area contributed by atoms with E-state index in [0.717, 1.165) is 38.5 Å². The first kappa shape index (κ1) is 40.2. The Bertz CT molecular complexity index is 974. The number of phosphoric ester groups is 1. The molecule has 4 N–H and O–H groups in total. The second-order valence-electron chi connectivity index (χ2n) is 9.56. The third-order valence-electron chi connectivity index (χ3n) is 5.57. The van der Waals surface area contributed by atoms with Crippen LogP contribution in [0.3, 0.4) is 0 Å². The predicted molar refractivity (Wildman–Crippen MR) is 166 cm³/mol. The lowest BCUT2D eigenvalue weighted by atomic mass is 10.2. The molecule has 0 aliphatic rings. The highest BCUT2D eigenvalue weighted by atomic mass is 31.2. The zero-order valence-electron chi connectivity index (χ0n) is 25.5. The van der Waals surface area contributed by atoms with E-state index in [4.69, 9.17) is 4.74 Å². The highest BCUT2D eigenvalue weighted by Gasteiger charge is 2.28. The Hall–Kier alpha value is -2.82. The van der Waals surface area contributed by atoms with Crippen molar-refractivity contribution in [2.75, 3.05) is 19.8 Å². The minimum Gasteiger partial charge on any atom is -0.480 e. The van der Waals surface area contributed by atoms with Crippen LogP contribution in [0.2, 0.25) is 0 Å². The zero-order valence-corrected chi connectivity index (χ0v) is 26.4. The summed E-state index contributed by atoms with van der Waals surface area (Å²) in [5.74, 6) is -2.51. The molecule has 0 bridgehead atoms. The molecule has 0 saturated heterocycles. The lowest BCUT2D eigenvalue weighted by Crippen LogP contribution is -2.43. The van der Waals surface area contributed by atoms with Gasteiger partial charge in [-0.05, 0) is 51.4 Å². The largest absolute Gasteiger partial charge is 0.480 e. The minimum atomic E-state index is -4.74. The van der Waals surface area contributed by atoms with E-state index in [1.54, 1.807) is 0 Å². The molecule has 3 unspecified atom stereocenters. The van der Waals surface area contributed by atoms with Crippen LogP contribution in [-0.4, -0.2) is 64.9 Å². The molecule has 0 aromatic carbocycles.